The zero-order valence-corrected chi connectivity index (χ0v) is 11.3. The SMILES string of the molecule is CC1CN(c2nc(C(C)(C)C)ns2)CCN1. The van der Waals surface area contributed by atoms with Crippen molar-refractivity contribution in [1.29, 1.82) is 0 Å². The molecular weight excluding hydrogens is 220 g/mol. The topological polar surface area (TPSA) is 41.1 Å². The van der Waals surface area contributed by atoms with Gasteiger partial charge in [-0.25, -0.2) is 4.98 Å². The molecule has 1 N–H and O–H groups in total. The van der Waals surface area contributed by atoms with Gasteiger partial charge in [-0.2, -0.15) is 4.37 Å². The highest BCUT2D eigenvalue weighted by Crippen LogP contribution is 2.25. The lowest BCUT2D eigenvalue weighted by atomic mass is 9.96. The molecule has 5 heteroatoms. The van der Waals surface area contributed by atoms with E-state index in [4.69, 9.17) is 0 Å². The van der Waals surface area contributed by atoms with Gasteiger partial charge in [-0.3, -0.25) is 0 Å². The Labute approximate surface area is 101 Å². The zero-order valence-electron chi connectivity index (χ0n) is 10.4. The second-order valence-corrected chi connectivity index (χ2v) is 6.18. The molecule has 1 atom stereocenters. The van der Waals surface area contributed by atoms with Gasteiger partial charge >= 0.3 is 0 Å². The van der Waals surface area contributed by atoms with E-state index in [9.17, 15) is 0 Å². The van der Waals surface area contributed by atoms with Gasteiger partial charge < -0.3 is 10.2 Å². The van der Waals surface area contributed by atoms with Crippen molar-refractivity contribution in [2.75, 3.05) is 24.5 Å². The molecule has 0 saturated carbocycles. The Morgan fingerprint density at radius 2 is 2.19 bits per heavy atom. The van der Waals surface area contributed by atoms with E-state index in [0.717, 1.165) is 30.6 Å². The molecule has 1 aliphatic rings. The lowest BCUT2D eigenvalue weighted by molar-refractivity contribution is 0.483. The number of rotatable bonds is 1. The molecule has 90 valence electrons. The van der Waals surface area contributed by atoms with Gasteiger partial charge in [0.1, 0.15) is 5.82 Å². The van der Waals surface area contributed by atoms with E-state index >= 15 is 0 Å². The first-order valence-electron chi connectivity index (χ1n) is 5.79. The van der Waals surface area contributed by atoms with E-state index in [1.54, 1.807) is 0 Å². The second-order valence-electron chi connectivity index (χ2n) is 5.45. The maximum atomic E-state index is 4.65. The number of hydrogen-bond acceptors (Lipinski definition) is 5. The number of nitrogens with zero attached hydrogens (tertiary/aromatic N) is 3. The summed E-state index contributed by atoms with van der Waals surface area (Å²) in [4.78, 5) is 6.97. The summed E-state index contributed by atoms with van der Waals surface area (Å²) in [5.74, 6) is 0.957. The molecule has 0 aromatic carbocycles. The minimum atomic E-state index is 0.0500. The number of aromatic nitrogens is 2. The highest BCUT2D eigenvalue weighted by molar-refractivity contribution is 7.09. The van der Waals surface area contributed by atoms with Gasteiger partial charge in [0.25, 0.3) is 0 Å². The quantitative estimate of drug-likeness (QED) is 0.810. The molecule has 1 fully saturated rings. The molecule has 16 heavy (non-hydrogen) atoms. The maximum Gasteiger partial charge on any atom is 0.205 e. The van der Waals surface area contributed by atoms with Crippen molar-refractivity contribution in [2.24, 2.45) is 0 Å². The summed E-state index contributed by atoms with van der Waals surface area (Å²) in [5, 5.41) is 4.50. The first-order valence-corrected chi connectivity index (χ1v) is 6.56. The predicted molar refractivity (Wildman–Crippen MR) is 68.3 cm³/mol. The molecule has 1 aromatic heterocycles. The summed E-state index contributed by atoms with van der Waals surface area (Å²) in [7, 11) is 0. The fraction of sp³-hybridized carbons (Fsp3) is 0.818. The largest absolute Gasteiger partial charge is 0.344 e. The molecule has 1 unspecified atom stereocenters. The molecular formula is C11H20N4S. The molecule has 1 aromatic rings. The monoisotopic (exact) mass is 240 g/mol. The number of anilines is 1. The molecule has 1 saturated heterocycles. The molecule has 1 aliphatic heterocycles. The standard InChI is InChI=1S/C11H20N4S/c1-8-7-15(6-5-12-8)10-13-9(14-16-10)11(2,3)4/h8,12H,5-7H2,1-4H3. The fourth-order valence-corrected chi connectivity index (χ4v) is 2.65. The Morgan fingerprint density at radius 1 is 1.44 bits per heavy atom. The van der Waals surface area contributed by atoms with Crippen molar-refractivity contribution < 1.29 is 0 Å². The molecule has 2 heterocycles. The molecule has 2 rings (SSSR count). The molecule has 0 radical (unpaired) electrons. The van der Waals surface area contributed by atoms with Crippen LogP contribution in [0.25, 0.3) is 0 Å². The summed E-state index contributed by atoms with van der Waals surface area (Å²) in [6.45, 7) is 11.8. The van der Waals surface area contributed by atoms with Crippen LogP contribution in [-0.4, -0.2) is 35.0 Å². The Morgan fingerprint density at radius 3 is 2.75 bits per heavy atom. The molecule has 0 bridgehead atoms. The third-order valence-electron chi connectivity index (χ3n) is 2.73. The van der Waals surface area contributed by atoms with Gasteiger partial charge in [-0.05, 0) is 6.92 Å². The summed E-state index contributed by atoms with van der Waals surface area (Å²) < 4.78 is 4.46. The van der Waals surface area contributed by atoms with Gasteiger partial charge in [-0.15, -0.1) is 0 Å². The Hall–Kier alpha value is -0.680. The van der Waals surface area contributed by atoms with Crippen molar-refractivity contribution in [3.63, 3.8) is 0 Å². The van der Waals surface area contributed by atoms with E-state index < -0.39 is 0 Å². The summed E-state index contributed by atoms with van der Waals surface area (Å²) in [6, 6.07) is 0.538. The van der Waals surface area contributed by atoms with Crippen LogP contribution in [0.4, 0.5) is 5.13 Å². The lowest BCUT2D eigenvalue weighted by Gasteiger charge is -2.31. The van der Waals surface area contributed by atoms with Gasteiger partial charge in [0.05, 0.1) is 0 Å². The Balaban J connectivity index is 2.12. The second kappa shape index (κ2) is 4.30. The van der Waals surface area contributed by atoms with Crippen LogP contribution in [0.5, 0.6) is 0 Å². The average molecular weight is 240 g/mol. The molecule has 4 nitrogen and oxygen atoms in total. The highest BCUT2D eigenvalue weighted by atomic mass is 32.1. The van der Waals surface area contributed by atoms with Crippen LogP contribution in [-0.2, 0) is 5.41 Å². The van der Waals surface area contributed by atoms with Crippen LogP contribution in [0.3, 0.4) is 0 Å². The summed E-state index contributed by atoms with van der Waals surface area (Å²) >= 11 is 1.52. The van der Waals surface area contributed by atoms with Crippen molar-refractivity contribution in [1.82, 2.24) is 14.7 Å². The number of piperazine rings is 1. The van der Waals surface area contributed by atoms with Crippen molar-refractivity contribution in [3.8, 4) is 0 Å². The highest BCUT2D eigenvalue weighted by Gasteiger charge is 2.23. The number of nitrogens with one attached hydrogen (secondary N) is 1. The van der Waals surface area contributed by atoms with Crippen LogP contribution < -0.4 is 10.2 Å². The fourth-order valence-electron chi connectivity index (χ4n) is 1.75. The van der Waals surface area contributed by atoms with Crippen LogP contribution in [0.2, 0.25) is 0 Å². The first-order chi connectivity index (χ1) is 7.47. The molecule has 0 amide bonds. The van der Waals surface area contributed by atoms with E-state index in [1.165, 1.54) is 11.5 Å². The van der Waals surface area contributed by atoms with Crippen molar-refractivity contribution >= 4 is 16.7 Å². The van der Waals surface area contributed by atoms with Crippen LogP contribution in [0.1, 0.15) is 33.5 Å². The first kappa shape index (κ1) is 11.8. The van der Waals surface area contributed by atoms with E-state index in [1.807, 2.05) is 0 Å². The smallest absolute Gasteiger partial charge is 0.205 e. The predicted octanol–water partition coefficient (Wildman–Crippen LogP) is 1.63. The van der Waals surface area contributed by atoms with Gasteiger partial charge in [0.15, 0.2) is 0 Å². The number of hydrogen-bond donors (Lipinski definition) is 1. The zero-order chi connectivity index (χ0) is 11.8. The Bertz CT molecular complexity index is 355. The minimum Gasteiger partial charge on any atom is -0.344 e. The van der Waals surface area contributed by atoms with Gasteiger partial charge in [-0.1, -0.05) is 20.8 Å². The van der Waals surface area contributed by atoms with Gasteiger partial charge in [0.2, 0.25) is 5.13 Å². The van der Waals surface area contributed by atoms with E-state index in [-0.39, 0.29) is 5.41 Å². The maximum absolute atomic E-state index is 4.65. The van der Waals surface area contributed by atoms with Gasteiger partial charge in [0, 0.05) is 42.6 Å². The van der Waals surface area contributed by atoms with E-state index in [2.05, 4.69) is 47.3 Å². The minimum absolute atomic E-state index is 0.0500. The molecule has 0 spiro atoms. The lowest BCUT2D eigenvalue weighted by Crippen LogP contribution is -2.49. The third-order valence-corrected chi connectivity index (χ3v) is 3.50. The van der Waals surface area contributed by atoms with Crippen molar-refractivity contribution in [2.45, 2.75) is 39.2 Å². The summed E-state index contributed by atoms with van der Waals surface area (Å²) in [6.07, 6.45) is 0. The van der Waals surface area contributed by atoms with E-state index in [0.29, 0.717) is 6.04 Å². The average Bonchev–Trinajstić information content (AvgIpc) is 2.65. The molecule has 0 aliphatic carbocycles. The van der Waals surface area contributed by atoms with Crippen LogP contribution >= 0.6 is 11.5 Å². The third kappa shape index (κ3) is 2.52. The van der Waals surface area contributed by atoms with Crippen LogP contribution in [0, 0.1) is 0 Å². The Kier molecular flexibility index (Phi) is 3.17. The van der Waals surface area contributed by atoms with Crippen molar-refractivity contribution in [3.05, 3.63) is 5.82 Å². The summed E-state index contributed by atoms with van der Waals surface area (Å²) in [5.41, 5.74) is 0.0500. The normalized spacial score (nSPS) is 22.5. The van der Waals surface area contributed by atoms with Crippen LogP contribution in [0.15, 0.2) is 0 Å².